The number of hydrogen-bond donors (Lipinski definition) is 0. The molecule has 0 N–H and O–H groups in total. The fraction of sp³-hybridized carbons (Fsp3) is 0.684. The Hall–Kier alpha value is -1.38. The van der Waals surface area contributed by atoms with Crippen molar-refractivity contribution in [1.29, 1.82) is 0 Å². The van der Waals surface area contributed by atoms with Gasteiger partial charge in [0.2, 0.25) is 10.0 Å². The molecule has 0 radical (unpaired) electrons. The first-order valence-electron chi connectivity index (χ1n) is 9.63. The maximum atomic E-state index is 14.6. The Bertz CT molecular complexity index is 748. The zero-order chi connectivity index (χ0) is 19.4. The fourth-order valence-corrected chi connectivity index (χ4v) is 5.65. The monoisotopic (exact) mass is 400 g/mol. The van der Waals surface area contributed by atoms with Gasteiger partial charge < -0.3 is 9.47 Å². The minimum absolute atomic E-state index is 0.176. The first-order chi connectivity index (χ1) is 13.0. The second kappa shape index (κ2) is 8.75. The van der Waals surface area contributed by atoms with Crippen molar-refractivity contribution >= 4 is 10.0 Å². The number of halogens is 1. The number of likely N-dealkylation sites (tertiary alicyclic amines) is 1. The van der Waals surface area contributed by atoms with Gasteiger partial charge in [-0.1, -0.05) is 12.8 Å². The molecule has 27 heavy (non-hydrogen) atoms. The SMILES string of the molecule is COc1cc(F)c(S(=O)(=O)N2CCCC(N3CCCCCC3)C2)cc1OC. The zero-order valence-electron chi connectivity index (χ0n) is 16.1. The average molecular weight is 401 g/mol. The van der Waals surface area contributed by atoms with Gasteiger partial charge in [0.1, 0.15) is 10.7 Å². The normalized spacial score (nSPS) is 23.0. The molecule has 6 nitrogen and oxygen atoms in total. The second-order valence-corrected chi connectivity index (χ2v) is 9.15. The standard InChI is InChI=1S/C19H29FN2O4S/c1-25-17-12-16(20)19(13-18(17)26-2)27(23,24)22-11-7-8-15(14-22)21-9-5-3-4-6-10-21/h12-13,15H,3-11,14H2,1-2H3. The summed E-state index contributed by atoms with van der Waals surface area (Å²) in [4.78, 5) is 2.07. The Balaban J connectivity index is 1.83. The van der Waals surface area contributed by atoms with Gasteiger partial charge in [-0.05, 0) is 38.8 Å². The number of nitrogens with zero attached hydrogens (tertiary/aromatic N) is 2. The quantitative estimate of drug-likeness (QED) is 0.761. The first-order valence-corrected chi connectivity index (χ1v) is 11.1. The molecule has 0 amide bonds. The molecule has 1 aromatic rings. The lowest BCUT2D eigenvalue weighted by molar-refractivity contribution is 0.139. The molecular formula is C19H29FN2O4S. The van der Waals surface area contributed by atoms with Gasteiger partial charge >= 0.3 is 0 Å². The molecule has 1 atom stereocenters. The Morgan fingerprint density at radius 1 is 0.963 bits per heavy atom. The number of ether oxygens (including phenoxy) is 2. The van der Waals surface area contributed by atoms with Crippen LogP contribution in [0.3, 0.4) is 0 Å². The molecule has 2 aliphatic heterocycles. The highest BCUT2D eigenvalue weighted by Gasteiger charge is 2.35. The maximum Gasteiger partial charge on any atom is 0.246 e. The summed E-state index contributed by atoms with van der Waals surface area (Å²) in [5.41, 5.74) is 0. The van der Waals surface area contributed by atoms with Crippen LogP contribution in [0.4, 0.5) is 4.39 Å². The minimum atomic E-state index is -3.93. The lowest BCUT2D eigenvalue weighted by atomic mass is 10.1. The Labute approximate surface area is 161 Å². The van der Waals surface area contributed by atoms with Gasteiger partial charge in [-0.3, -0.25) is 4.90 Å². The van der Waals surface area contributed by atoms with Crippen LogP contribution in [0.5, 0.6) is 11.5 Å². The molecule has 0 aliphatic carbocycles. The summed E-state index contributed by atoms with van der Waals surface area (Å²) in [6.07, 6.45) is 6.57. The molecule has 152 valence electrons. The summed E-state index contributed by atoms with van der Waals surface area (Å²) in [5, 5.41) is 0. The summed E-state index contributed by atoms with van der Waals surface area (Å²) >= 11 is 0. The molecule has 2 fully saturated rings. The van der Waals surface area contributed by atoms with E-state index in [0.29, 0.717) is 13.1 Å². The topological polar surface area (TPSA) is 59.1 Å². The van der Waals surface area contributed by atoms with Crippen LogP contribution in [0.25, 0.3) is 0 Å². The Morgan fingerprint density at radius 3 is 2.22 bits per heavy atom. The van der Waals surface area contributed by atoms with Crippen molar-refractivity contribution in [3.8, 4) is 11.5 Å². The van der Waals surface area contributed by atoms with E-state index in [1.54, 1.807) is 0 Å². The van der Waals surface area contributed by atoms with Crippen molar-refractivity contribution < 1.29 is 22.3 Å². The third-order valence-electron chi connectivity index (χ3n) is 5.57. The van der Waals surface area contributed by atoms with E-state index in [-0.39, 0.29) is 22.4 Å². The smallest absolute Gasteiger partial charge is 0.246 e. The number of sulfonamides is 1. The van der Waals surface area contributed by atoms with Crippen LogP contribution >= 0.6 is 0 Å². The second-order valence-electron chi connectivity index (χ2n) is 7.25. The molecule has 2 heterocycles. The van der Waals surface area contributed by atoms with Crippen LogP contribution in [-0.2, 0) is 10.0 Å². The van der Waals surface area contributed by atoms with E-state index in [1.165, 1.54) is 37.4 Å². The van der Waals surface area contributed by atoms with Crippen molar-refractivity contribution in [3.63, 3.8) is 0 Å². The molecule has 2 aliphatic rings. The minimum Gasteiger partial charge on any atom is -0.493 e. The van der Waals surface area contributed by atoms with Gasteiger partial charge in [0.25, 0.3) is 0 Å². The number of hydrogen-bond acceptors (Lipinski definition) is 5. The van der Waals surface area contributed by atoms with Crippen LogP contribution < -0.4 is 9.47 Å². The highest BCUT2D eigenvalue weighted by Crippen LogP contribution is 2.34. The van der Waals surface area contributed by atoms with E-state index < -0.39 is 15.8 Å². The predicted octanol–water partition coefficient (Wildman–Crippen LogP) is 2.87. The third-order valence-corrected chi connectivity index (χ3v) is 7.45. The van der Waals surface area contributed by atoms with E-state index in [0.717, 1.165) is 44.8 Å². The van der Waals surface area contributed by atoms with Gasteiger partial charge in [-0.25, -0.2) is 12.8 Å². The van der Waals surface area contributed by atoms with E-state index in [2.05, 4.69) is 4.90 Å². The highest BCUT2D eigenvalue weighted by atomic mass is 32.2. The zero-order valence-corrected chi connectivity index (χ0v) is 16.9. The largest absolute Gasteiger partial charge is 0.493 e. The third kappa shape index (κ3) is 4.38. The molecule has 0 saturated carbocycles. The number of piperidine rings is 1. The molecule has 2 saturated heterocycles. The van der Waals surface area contributed by atoms with Crippen LogP contribution in [0, 0.1) is 5.82 Å². The molecule has 0 bridgehead atoms. The molecule has 1 aromatic carbocycles. The number of rotatable bonds is 5. The molecule has 0 aromatic heterocycles. The lowest BCUT2D eigenvalue weighted by Gasteiger charge is -2.38. The van der Waals surface area contributed by atoms with Gasteiger partial charge in [0, 0.05) is 31.3 Å². The molecule has 1 unspecified atom stereocenters. The van der Waals surface area contributed by atoms with E-state index >= 15 is 0 Å². The van der Waals surface area contributed by atoms with Crippen molar-refractivity contribution in [2.45, 2.75) is 49.5 Å². The Morgan fingerprint density at radius 2 is 1.59 bits per heavy atom. The number of benzene rings is 1. The first kappa shape index (κ1) is 20.4. The lowest BCUT2D eigenvalue weighted by Crippen LogP contribution is -2.50. The predicted molar refractivity (Wildman–Crippen MR) is 101 cm³/mol. The summed E-state index contributed by atoms with van der Waals surface area (Å²) in [6, 6.07) is 2.50. The summed E-state index contributed by atoms with van der Waals surface area (Å²) in [7, 11) is -1.14. The summed E-state index contributed by atoms with van der Waals surface area (Å²) in [5.74, 6) is -0.432. The van der Waals surface area contributed by atoms with Crippen molar-refractivity contribution in [2.75, 3.05) is 40.4 Å². The Kier molecular flexibility index (Phi) is 6.60. The summed E-state index contributed by atoms with van der Waals surface area (Å²) < 4.78 is 52.5. The van der Waals surface area contributed by atoms with Crippen LogP contribution in [0.2, 0.25) is 0 Å². The average Bonchev–Trinajstić information content (AvgIpc) is 2.97. The van der Waals surface area contributed by atoms with Gasteiger partial charge in [-0.15, -0.1) is 0 Å². The number of methoxy groups -OCH3 is 2. The molecule has 0 spiro atoms. The fourth-order valence-electron chi connectivity index (χ4n) is 4.07. The van der Waals surface area contributed by atoms with Crippen molar-refractivity contribution in [2.24, 2.45) is 0 Å². The van der Waals surface area contributed by atoms with Gasteiger partial charge in [0.05, 0.1) is 14.2 Å². The van der Waals surface area contributed by atoms with Crippen LogP contribution in [0.1, 0.15) is 38.5 Å². The van der Waals surface area contributed by atoms with E-state index in [4.69, 9.17) is 9.47 Å². The van der Waals surface area contributed by atoms with Gasteiger partial charge in [-0.2, -0.15) is 4.31 Å². The van der Waals surface area contributed by atoms with Crippen LogP contribution in [-0.4, -0.2) is 64.1 Å². The van der Waals surface area contributed by atoms with Crippen LogP contribution in [0.15, 0.2) is 17.0 Å². The maximum absolute atomic E-state index is 14.6. The van der Waals surface area contributed by atoms with Crippen molar-refractivity contribution in [1.82, 2.24) is 9.21 Å². The van der Waals surface area contributed by atoms with Crippen molar-refractivity contribution in [3.05, 3.63) is 17.9 Å². The highest BCUT2D eigenvalue weighted by molar-refractivity contribution is 7.89. The van der Waals surface area contributed by atoms with Gasteiger partial charge in [0.15, 0.2) is 11.5 Å². The molecular weight excluding hydrogens is 371 g/mol. The van der Waals surface area contributed by atoms with E-state index in [1.807, 2.05) is 0 Å². The molecule has 3 rings (SSSR count). The van der Waals surface area contributed by atoms with E-state index in [9.17, 15) is 12.8 Å². The summed E-state index contributed by atoms with van der Waals surface area (Å²) in [6.45, 7) is 2.86. The molecule has 8 heteroatoms.